The molecule has 0 spiro atoms. The van der Waals surface area contributed by atoms with Gasteiger partial charge in [-0.15, -0.1) is 0 Å². The quantitative estimate of drug-likeness (QED) is 0.154. The number of anilines is 2. The topological polar surface area (TPSA) is 185 Å². The number of alkyl halides is 3. The number of nitrogens with zero attached hydrogens (tertiary/aromatic N) is 2. The van der Waals surface area contributed by atoms with Crippen molar-refractivity contribution in [2.75, 3.05) is 11.5 Å². The first-order valence-electron chi connectivity index (χ1n) is 14.8. The van der Waals surface area contributed by atoms with E-state index in [4.69, 9.17) is 12.8 Å². The molecule has 4 aliphatic heterocycles. The second-order valence-corrected chi connectivity index (χ2v) is 22.2. The third-order valence-corrected chi connectivity index (χ3v) is 9.93. The normalized spacial score (nSPS) is 20.7. The van der Waals surface area contributed by atoms with E-state index in [1.165, 1.54) is 23.6 Å². The molecule has 6 rings (SSSR count). The summed E-state index contributed by atoms with van der Waals surface area (Å²) in [6.07, 6.45) is 2.47. The highest BCUT2D eigenvalue weighted by Crippen LogP contribution is 2.38. The van der Waals surface area contributed by atoms with E-state index in [1.54, 1.807) is 36.4 Å². The van der Waals surface area contributed by atoms with Crippen LogP contribution in [0.1, 0.15) is 79.6 Å². The number of nitrogen functional groups attached to an aromatic ring is 2. The number of nitrogens with two attached hydrogens (primary N) is 2. The molecule has 242 valence electrons. The van der Waals surface area contributed by atoms with Crippen LogP contribution in [0.4, 0.5) is 11.4 Å². The van der Waals surface area contributed by atoms with Crippen molar-refractivity contribution in [1.29, 1.82) is 0 Å². The zero-order valence-electron chi connectivity index (χ0n) is 25.7. The largest absolute Gasteiger partial charge is 0.398 e. The molecule has 0 bridgehead atoms. The van der Waals surface area contributed by atoms with Crippen LogP contribution in [0.25, 0.3) is 0 Å². The van der Waals surface area contributed by atoms with Gasteiger partial charge >= 0.3 is 0 Å². The number of nitrogens with one attached hydrogen (secondary N) is 2. The molecule has 2 saturated heterocycles. The first kappa shape index (κ1) is 35.3. The van der Waals surface area contributed by atoms with Crippen LogP contribution in [-0.2, 0) is 32.3 Å². The lowest BCUT2D eigenvalue weighted by Crippen LogP contribution is -2.52. The predicted molar refractivity (Wildman–Crippen MR) is 196 cm³/mol. The van der Waals surface area contributed by atoms with Crippen LogP contribution < -0.4 is 22.1 Å². The summed E-state index contributed by atoms with van der Waals surface area (Å²) in [4.78, 5) is 73.4. The molecule has 4 aliphatic rings. The predicted octanol–water partition coefficient (Wildman–Crippen LogP) is 4.05. The van der Waals surface area contributed by atoms with Gasteiger partial charge in [-0.1, -0.05) is 94.2 Å². The molecule has 6 N–H and O–H groups in total. The number of hydrogen-bond acceptors (Lipinski definition) is 8. The number of rotatable bonds is 3. The van der Waals surface area contributed by atoms with Gasteiger partial charge in [0.25, 0.3) is 11.8 Å². The Labute approximate surface area is 304 Å². The molecule has 6 amide bonds. The van der Waals surface area contributed by atoms with E-state index in [-0.39, 0.29) is 36.5 Å². The Hall–Kier alpha value is -2.55. The second kappa shape index (κ2) is 15.4. The molecule has 2 unspecified atom stereocenters. The monoisotopic (exact) mass is 957 g/mol. The van der Waals surface area contributed by atoms with Crippen molar-refractivity contribution < 1.29 is 30.1 Å². The van der Waals surface area contributed by atoms with Gasteiger partial charge in [0.05, 0.1) is 0 Å². The van der Waals surface area contributed by atoms with Crippen molar-refractivity contribution in [3.05, 3.63) is 58.7 Å². The molecule has 0 aromatic heterocycles. The number of carbonyl (C=O) groups excluding carboxylic acids is 6. The molecule has 0 aliphatic carbocycles. The maximum absolute atomic E-state index is 12.3. The molecule has 2 aromatic carbocycles. The highest BCUT2D eigenvalue weighted by atomic mass is 127. The maximum Gasteiger partial charge on any atom is 0.255 e. The Morgan fingerprint density at radius 3 is 1.42 bits per heavy atom. The highest BCUT2D eigenvalue weighted by Gasteiger charge is 2.40. The highest BCUT2D eigenvalue weighted by molar-refractivity contribution is 14.3. The molecule has 0 radical (unpaired) electrons. The van der Waals surface area contributed by atoms with Gasteiger partial charge in [0.15, 0.2) is 0 Å². The van der Waals surface area contributed by atoms with E-state index in [1.807, 2.05) is 0 Å². The van der Waals surface area contributed by atoms with Gasteiger partial charge in [-0.3, -0.25) is 39.4 Å². The Bertz CT molecular complexity index is 1430. The second-order valence-electron chi connectivity index (χ2n) is 10.5. The molecule has 12 nitrogen and oxygen atoms in total. The lowest BCUT2D eigenvalue weighted by Gasteiger charge is -2.29. The lowest BCUT2D eigenvalue weighted by molar-refractivity contribution is -0.138. The molecular formula is C30H35I3N6O6. The molecule has 4 heterocycles. The van der Waals surface area contributed by atoms with E-state index in [9.17, 15) is 28.8 Å². The summed E-state index contributed by atoms with van der Waals surface area (Å²) in [5.74, 6) is -1.78. The SMILES string of the molecule is CCC(I)(I)I.Nc1cccc2c1CN(C1CCC(=O)NC1=O)C2=O.Nc1cccc2c1CN(C1CCC(=O)NC1=O)C2=O.[2H]C. The summed E-state index contributed by atoms with van der Waals surface area (Å²) in [5, 5.41) is 4.53. The maximum atomic E-state index is 12.3. The first-order chi connectivity index (χ1) is 21.7. The average Bonchev–Trinajstić information content (AvgIpc) is 3.53. The fourth-order valence-corrected chi connectivity index (χ4v) is 5.22. The lowest BCUT2D eigenvalue weighted by atomic mass is 10.0. The number of piperidine rings is 2. The first-order valence-corrected chi connectivity index (χ1v) is 17.1. The standard InChI is InChI=1S/2C13H13N3O3.C3H5I3.CH4/c2*14-9-3-1-2-7-8(9)6-16(13(7)19)10-4-5-11(17)15-12(10)18;1-2-3(4,5)6;/h2*1-3,10H,4-6,14H2,(H,15,17,18);2H2,1H3;1H4/i;;;1D. The van der Waals surface area contributed by atoms with Crippen LogP contribution in [0.3, 0.4) is 0 Å². The van der Waals surface area contributed by atoms with E-state index in [2.05, 4.69) is 85.3 Å². The number of imide groups is 2. The van der Waals surface area contributed by atoms with Crippen LogP contribution in [0, 0.1) is 0 Å². The van der Waals surface area contributed by atoms with Crippen molar-refractivity contribution >= 4 is 115 Å². The summed E-state index contributed by atoms with van der Waals surface area (Å²) in [7, 11) is 1.25. The minimum absolute atomic E-state index is 0.197. The Morgan fingerprint density at radius 2 is 1.13 bits per heavy atom. The zero-order chi connectivity index (χ0) is 34.3. The Morgan fingerprint density at radius 1 is 0.778 bits per heavy atom. The third kappa shape index (κ3) is 8.63. The molecular weight excluding hydrogens is 921 g/mol. The number of halogens is 3. The smallest absolute Gasteiger partial charge is 0.255 e. The Kier molecular flexibility index (Phi) is 12.1. The summed E-state index contributed by atoms with van der Waals surface area (Å²) < 4.78 is 6.20. The minimum atomic E-state index is -0.586. The molecule has 2 atom stereocenters. The van der Waals surface area contributed by atoms with E-state index < -0.39 is 23.9 Å². The minimum Gasteiger partial charge on any atom is -0.398 e. The van der Waals surface area contributed by atoms with Gasteiger partial charge in [-0.05, 0) is 43.5 Å². The van der Waals surface area contributed by atoms with Crippen molar-refractivity contribution in [1.82, 2.24) is 20.4 Å². The molecule has 15 heteroatoms. The number of carbonyl (C=O) groups is 6. The fourth-order valence-electron chi connectivity index (χ4n) is 5.22. The van der Waals surface area contributed by atoms with Gasteiger partial charge < -0.3 is 21.3 Å². The molecule has 45 heavy (non-hydrogen) atoms. The van der Waals surface area contributed by atoms with Crippen LogP contribution >= 0.6 is 67.8 Å². The van der Waals surface area contributed by atoms with Crippen LogP contribution in [0.15, 0.2) is 36.4 Å². The number of amides is 6. The van der Waals surface area contributed by atoms with Crippen LogP contribution in [0.5, 0.6) is 0 Å². The van der Waals surface area contributed by atoms with Crippen molar-refractivity contribution in [3.8, 4) is 0 Å². The number of benzene rings is 2. The van der Waals surface area contributed by atoms with Crippen molar-refractivity contribution in [2.24, 2.45) is 0 Å². The fraction of sp³-hybridized carbons (Fsp3) is 0.400. The summed E-state index contributed by atoms with van der Waals surface area (Å²) in [6, 6.07) is 9.16. The van der Waals surface area contributed by atoms with Gasteiger partial charge in [0.2, 0.25) is 23.6 Å². The van der Waals surface area contributed by atoms with Crippen LogP contribution in [0.2, 0.25) is 0 Å². The van der Waals surface area contributed by atoms with Gasteiger partial charge in [-0.2, -0.15) is 0 Å². The molecule has 0 saturated carbocycles. The van der Waals surface area contributed by atoms with E-state index >= 15 is 0 Å². The Balaban J connectivity index is 0.000000204. The average molecular weight is 957 g/mol. The third-order valence-electron chi connectivity index (χ3n) is 7.64. The summed E-state index contributed by atoms with van der Waals surface area (Å²) >= 11 is 7.24. The summed E-state index contributed by atoms with van der Waals surface area (Å²) in [5.41, 5.74) is 15.4. The summed E-state index contributed by atoms with van der Waals surface area (Å²) in [6.45, 7) is 2.84. The van der Waals surface area contributed by atoms with Crippen molar-refractivity contribution in [2.45, 2.75) is 71.0 Å². The molecule has 2 aromatic rings. The van der Waals surface area contributed by atoms with E-state index in [0.717, 1.165) is 11.1 Å². The van der Waals surface area contributed by atoms with Gasteiger partial charge in [-0.25, -0.2) is 0 Å². The van der Waals surface area contributed by atoms with Gasteiger partial charge in [0, 0.05) is 60.9 Å². The zero-order valence-corrected chi connectivity index (χ0v) is 31.2. The van der Waals surface area contributed by atoms with E-state index in [0.29, 0.717) is 47.9 Å². The van der Waals surface area contributed by atoms with Crippen LogP contribution in [-0.4, -0.2) is 56.8 Å². The van der Waals surface area contributed by atoms with Gasteiger partial charge in [0.1, 0.15) is 11.5 Å². The molecule has 2 fully saturated rings. The van der Waals surface area contributed by atoms with Crippen molar-refractivity contribution in [3.63, 3.8) is 0 Å². The number of hydrogen-bond donors (Lipinski definition) is 4. The number of fused-ring (bicyclic) bond motifs is 2.